The second-order valence-corrected chi connectivity index (χ2v) is 22.0. The van der Waals surface area contributed by atoms with E-state index in [0.29, 0.717) is 34.1 Å². The Kier molecular flexibility index (Phi) is 27.1. The van der Waals surface area contributed by atoms with Crippen molar-refractivity contribution in [1.29, 1.82) is 0 Å². The molecule has 30 heteroatoms. The molecule has 0 aromatic heterocycles. The van der Waals surface area contributed by atoms with Gasteiger partial charge in [-0.3, -0.25) is 0 Å². The Labute approximate surface area is 515 Å². The van der Waals surface area contributed by atoms with Crippen LogP contribution in [0.2, 0.25) is 0 Å². The Morgan fingerprint density at radius 2 is 0.435 bits per heavy atom. The molecule has 1 aliphatic carbocycles. The van der Waals surface area contributed by atoms with E-state index in [4.69, 9.17) is 0 Å². The SMILES string of the molecule is FC(F)(F)CCCN(CCCC(F)(F)F)c1ccc(N(c2ccc(N(CCCC(F)(F)F)CCCC(F)(F)F)cc2)c2ccc([N+](=C3C=CC(=[N+](CCCC(F)(F)F)CCCC(F)(F)F)C=C3)c3ccc(N(CCCC(F)(F)F)CCCC(F)(F)F)cc3)cc2)cc1. The van der Waals surface area contributed by atoms with Crippen LogP contribution in [0.3, 0.4) is 0 Å². The molecule has 0 heterocycles. The van der Waals surface area contributed by atoms with Crippen LogP contribution in [-0.4, -0.2) is 118 Å². The predicted molar refractivity (Wildman–Crippen MR) is 306 cm³/mol. The van der Waals surface area contributed by atoms with Gasteiger partial charge in [0.25, 0.3) is 0 Å². The summed E-state index contributed by atoms with van der Waals surface area (Å²) in [6, 6.07) is 24.0. The quantitative estimate of drug-likeness (QED) is 0.0276. The molecule has 0 radical (unpaired) electrons. The Morgan fingerprint density at radius 3 is 0.674 bits per heavy atom. The minimum Gasteiger partial charge on any atom is -0.372 e. The second-order valence-electron chi connectivity index (χ2n) is 22.0. The first-order chi connectivity index (χ1) is 42.6. The van der Waals surface area contributed by atoms with Crippen molar-refractivity contribution in [2.24, 2.45) is 0 Å². The maximum Gasteiger partial charge on any atom is 0.389 e. The molecule has 512 valence electrons. The highest BCUT2D eigenvalue weighted by atomic mass is 19.4. The first-order valence-corrected chi connectivity index (χ1v) is 29.2. The van der Waals surface area contributed by atoms with Crippen molar-refractivity contribution in [3.63, 3.8) is 0 Å². The van der Waals surface area contributed by atoms with Crippen molar-refractivity contribution >= 4 is 56.9 Å². The monoisotopic (exact) mass is 1350 g/mol. The fraction of sp³-hybridized carbons (Fsp3) is 0.516. The molecule has 0 fully saturated rings. The van der Waals surface area contributed by atoms with E-state index in [2.05, 4.69) is 0 Å². The number of benzene rings is 4. The van der Waals surface area contributed by atoms with Crippen LogP contribution in [0.25, 0.3) is 0 Å². The summed E-state index contributed by atoms with van der Waals surface area (Å²) in [4.78, 5) is 5.68. The van der Waals surface area contributed by atoms with Crippen LogP contribution in [-0.2, 0) is 0 Å². The summed E-state index contributed by atoms with van der Waals surface area (Å²) in [5.41, 5.74) is 2.81. The van der Waals surface area contributed by atoms with Crippen molar-refractivity contribution in [3.05, 3.63) is 121 Å². The van der Waals surface area contributed by atoms with Gasteiger partial charge < -0.3 is 19.6 Å². The van der Waals surface area contributed by atoms with Gasteiger partial charge in [-0.2, -0.15) is 110 Å². The topological polar surface area (TPSA) is 19.0 Å². The molecule has 0 saturated heterocycles. The molecule has 0 aliphatic heterocycles. The number of halogens is 24. The summed E-state index contributed by atoms with van der Waals surface area (Å²) < 4.78 is 321. The van der Waals surface area contributed by atoms with Crippen LogP contribution in [0.1, 0.15) is 103 Å². The molecule has 1 aliphatic rings. The minimum atomic E-state index is -4.57. The van der Waals surface area contributed by atoms with Crippen molar-refractivity contribution in [2.45, 2.75) is 152 Å². The molecule has 6 nitrogen and oxygen atoms in total. The van der Waals surface area contributed by atoms with Crippen LogP contribution < -0.4 is 24.2 Å². The zero-order valence-electron chi connectivity index (χ0n) is 49.3. The highest BCUT2D eigenvalue weighted by molar-refractivity contribution is 6.18. The molecule has 0 spiro atoms. The van der Waals surface area contributed by atoms with E-state index >= 15 is 0 Å². The van der Waals surface area contributed by atoms with Crippen molar-refractivity contribution in [2.75, 3.05) is 72.0 Å². The van der Waals surface area contributed by atoms with Gasteiger partial charge in [0.05, 0.1) is 0 Å². The molecule has 0 N–H and O–H groups in total. The molecular weight excluding hydrogens is 1280 g/mol. The number of hydrogen-bond donors (Lipinski definition) is 0. The maximum atomic E-state index is 13.2. The van der Waals surface area contributed by atoms with E-state index in [0.717, 1.165) is 0 Å². The lowest BCUT2D eigenvalue weighted by molar-refractivity contribution is -0.529. The van der Waals surface area contributed by atoms with E-state index in [1.165, 1.54) is 116 Å². The lowest BCUT2D eigenvalue weighted by Gasteiger charge is -2.29. The third kappa shape index (κ3) is 29.0. The number of anilines is 6. The summed E-state index contributed by atoms with van der Waals surface area (Å²) in [6.45, 7) is -2.35. The van der Waals surface area contributed by atoms with Gasteiger partial charge >= 0.3 is 49.4 Å². The Bertz CT molecular complexity index is 2800. The molecule has 4 aromatic carbocycles. The van der Waals surface area contributed by atoms with Gasteiger partial charge in [-0.05, 0) is 111 Å². The largest absolute Gasteiger partial charge is 0.389 e. The van der Waals surface area contributed by atoms with Crippen LogP contribution in [0.15, 0.2) is 121 Å². The average Bonchev–Trinajstić information content (AvgIpc) is 0.803. The van der Waals surface area contributed by atoms with Crippen LogP contribution >= 0.6 is 0 Å². The predicted octanol–water partition coefficient (Wildman–Crippen LogP) is 21.2. The van der Waals surface area contributed by atoms with E-state index in [-0.39, 0.29) is 75.1 Å². The molecule has 5 rings (SSSR count). The first kappa shape index (κ1) is 75.9. The normalized spacial score (nSPS) is 13.7. The number of hydrogen-bond acceptors (Lipinski definition) is 4. The fourth-order valence-electron chi connectivity index (χ4n) is 10.1. The summed E-state index contributed by atoms with van der Waals surface area (Å²) in [5.74, 6) is 0. The lowest BCUT2D eigenvalue weighted by Crippen LogP contribution is -2.28. The number of rotatable bonds is 32. The Balaban J connectivity index is 1.67. The Hall–Kier alpha value is -6.78. The third-order valence-electron chi connectivity index (χ3n) is 14.4. The summed E-state index contributed by atoms with van der Waals surface area (Å²) in [6.07, 6.45) is -44.3. The zero-order valence-corrected chi connectivity index (χ0v) is 49.3. The molecule has 4 aromatic rings. The second kappa shape index (κ2) is 32.9. The molecule has 0 bridgehead atoms. The van der Waals surface area contributed by atoms with Gasteiger partial charge in [0.1, 0.15) is 13.1 Å². The summed E-state index contributed by atoms with van der Waals surface area (Å²) in [5, 5.41) is 0. The summed E-state index contributed by atoms with van der Waals surface area (Å²) >= 11 is 0. The summed E-state index contributed by atoms with van der Waals surface area (Å²) in [7, 11) is 0. The van der Waals surface area contributed by atoms with Crippen molar-refractivity contribution < 1.29 is 110 Å². The van der Waals surface area contributed by atoms with Crippen LogP contribution in [0.4, 0.5) is 151 Å². The minimum absolute atomic E-state index is 0.237. The van der Waals surface area contributed by atoms with E-state index in [9.17, 15) is 105 Å². The number of allylic oxidation sites excluding steroid dienone is 4. The number of nitrogens with zero attached hydrogens (tertiary/aromatic N) is 6. The van der Waals surface area contributed by atoms with Gasteiger partial charge in [-0.25, -0.2) is 4.58 Å². The highest BCUT2D eigenvalue weighted by Gasteiger charge is 2.34. The van der Waals surface area contributed by atoms with Gasteiger partial charge in [0.15, 0.2) is 5.71 Å². The maximum absolute atomic E-state index is 13.2. The Morgan fingerprint density at radius 1 is 0.239 bits per heavy atom. The van der Waals surface area contributed by atoms with E-state index in [1.54, 1.807) is 33.7 Å². The van der Waals surface area contributed by atoms with Gasteiger partial charge in [0, 0.05) is 186 Å². The van der Waals surface area contributed by atoms with E-state index < -0.39 is 152 Å². The molecule has 0 amide bonds. The van der Waals surface area contributed by atoms with Gasteiger partial charge in [-0.15, -0.1) is 0 Å². The van der Waals surface area contributed by atoms with Gasteiger partial charge in [-0.1, -0.05) is 0 Å². The zero-order chi connectivity index (χ0) is 68.4. The molecular formula is C62H68F24N6+2. The molecule has 0 saturated carbocycles. The fourth-order valence-corrected chi connectivity index (χ4v) is 10.1. The standard InChI is InChI=1S/C62H68F24N6/c63-55(64,65)29-1-37-87(38-2-30-56(66,67)68)45-9-17-49(18-10-45)91(50-19-11-46(12-20-50)88(39-3-31-57(69,70)71)40-4-32-58(72,73)74)53-25-27-54(28-26-53)92(51-21-13-47(14-22-51)89(41-5-33-59(75,76)77)42-6-34-60(78,79)80)52-23-15-48(16-24-52)90(43-7-35-61(81,82)83)44-8-36-62(84,85)86/h9-28H,1-8,29-44H2/q+2. The number of alkyl halides is 24. The van der Waals surface area contributed by atoms with Crippen molar-refractivity contribution in [3.8, 4) is 0 Å². The average molecular weight is 1350 g/mol. The molecule has 92 heavy (non-hydrogen) atoms. The smallest absolute Gasteiger partial charge is 0.372 e. The van der Waals surface area contributed by atoms with Crippen LogP contribution in [0.5, 0.6) is 0 Å². The van der Waals surface area contributed by atoms with Crippen LogP contribution in [0, 0.1) is 0 Å². The lowest BCUT2D eigenvalue weighted by atomic mass is 10.1. The van der Waals surface area contributed by atoms with Crippen molar-refractivity contribution in [1.82, 2.24) is 4.58 Å². The molecule has 0 atom stereocenters. The highest BCUT2D eigenvalue weighted by Crippen LogP contribution is 2.40. The van der Waals surface area contributed by atoms with E-state index in [1.807, 2.05) is 0 Å². The van der Waals surface area contributed by atoms with Gasteiger partial charge in [0.2, 0.25) is 17.1 Å². The third-order valence-corrected chi connectivity index (χ3v) is 14.4. The molecule has 0 unspecified atom stereocenters. The first-order valence-electron chi connectivity index (χ1n) is 29.2.